The molecule has 0 bridgehead atoms. The lowest BCUT2D eigenvalue weighted by atomic mass is 10.2. The second kappa shape index (κ2) is 12.5. The maximum absolute atomic E-state index is 5.70. The van der Waals surface area contributed by atoms with E-state index in [0.717, 1.165) is 30.5 Å². The zero-order valence-electron chi connectivity index (χ0n) is 15.2. The molecule has 0 saturated carbocycles. The van der Waals surface area contributed by atoms with Crippen molar-refractivity contribution in [2.45, 2.75) is 25.5 Å². The first-order valence-corrected chi connectivity index (χ1v) is 9.07. The van der Waals surface area contributed by atoms with Crippen LogP contribution in [0.15, 0.2) is 29.3 Å². The fraction of sp³-hybridized carbons (Fsp3) is 0.588. The highest BCUT2D eigenvalue weighted by Crippen LogP contribution is 2.21. The predicted octanol–water partition coefficient (Wildman–Crippen LogP) is 3.39. The van der Waals surface area contributed by atoms with E-state index in [1.165, 1.54) is 0 Å². The van der Waals surface area contributed by atoms with Crippen LogP contribution in [0.25, 0.3) is 0 Å². The molecule has 0 aliphatic heterocycles. The fourth-order valence-electron chi connectivity index (χ4n) is 1.69. The molecule has 1 rings (SSSR count). The summed E-state index contributed by atoms with van der Waals surface area (Å²) in [6.45, 7) is 9.31. The number of halogens is 1. The van der Waals surface area contributed by atoms with Gasteiger partial charge in [0.25, 0.3) is 0 Å². The molecule has 7 heteroatoms. The average Bonchev–Trinajstić information content (AvgIpc) is 2.57. The van der Waals surface area contributed by atoms with Gasteiger partial charge in [-0.2, -0.15) is 11.8 Å². The van der Waals surface area contributed by atoms with Gasteiger partial charge in [0.1, 0.15) is 18.1 Å². The van der Waals surface area contributed by atoms with Crippen LogP contribution in [0.2, 0.25) is 0 Å². The molecule has 2 N–H and O–H groups in total. The van der Waals surface area contributed by atoms with E-state index in [1.807, 2.05) is 36.0 Å². The first-order valence-electron chi connectivity index (χ1n) is 7.85. The van der Waals surface area contributed by atoms with Gasteiger partial charge in [-0.15, -0.1) is 24.0 Å². The van der Waals surface area contributed by atoms with E-state index in [2.05, 4.69) is 42.7 Å². The largest absolute Gasteiger partial charge is 0.497 e. The first kappa shape index (κ1) is 23.2. The van der Waals surface area contributed by atoms with Crippen LogP contribution in [-0.2, 0) is 0 Å². The molecule has 0 fully saturated rings. The second-order valence-corrected chi connectivity index (χ2v) is 7.12. The molecule has 0 heterocycles. The minimum Gasteiger partial charge on any atom is -0.497 e. The van der Waals surface area contributed by atoms with Gasteiger partial charge in [0.15, 0.2) is 5.96 Å². The maximum atomic E-state index is 5.70. The Morgan fingerprint density at radius 2 is 1.79 bits per heavy atom. The van der Waals surface area contributed by atoms with Gasteiger partial charge in [-0.1, -0.05) is 0 Å². The molecule has 0 aromatic heterocycles. The van der Waals surface area contributed by atoms with Crippen LogP contribution >= 0.6 is 35.7 Å². The van der Waals surface area contributed by atoms with Crippen molar-refractivity contribution in [3.05, 3.63) is 24.3 Å². The van der Waals surface area contributed by atoms with Crippen molar-refractivity contribution < 1.29 is 9.47 Å². The van der Waals surface area contributed by atoms with Crippen LogP contribution in [0, 0.1) is 0 Å². The minimum absolute atomic E-state index is 0. The van der Waals surface area contributed by atoms with Crippen molar-refractivity contribution in [3.63, 3.8) is 0 Å². The molecule has 0 saturated heterocycles. The minimum atomic E-state index is 0. The number of hydrogen-bond donors (Lipinski definition) is 2. The highest BCUT2D eigenvalue weighted by atomic mass is 127. The molecule has 1 aromatic rings. The Kier molecular flexibility index (Phi) is 12.1. The second-order valence-electron chi connectivity index (χ2n) is 5.61. The zero-order chi connectivity index (χ0) is 17.1. The van der Waals surface area contributed by atoms with E-state index in [4.69, 9.17) is 9.47 Å². The van der Waals surface area contributed by atoms with Gasteiger partial charge in [-0.05, 0) is 51.3 Å². The highest BCUT2D eigenvalue weighted by molar-refractivity contribution is 14.0. The summed E-state index contributed by atoms with van der Waals surface area (Å²) in [5.74, 6) is 2.49. The molecule has 1 aromatic carbocycles. The zero-order valence-corrected chi connectivity index (χ0v) is 18.4. The number of nitrogens with zero attached hydrogens (tertiary/aromatic N) is 1. The number of benzene rings is 1. The van der Waals surface area contributed by atoms with E-state index < -0.39 is 0 Å². The molecule has 0 atom stereocenters. The van der Waals surface area contributed by atoms with Gasteiger partial charge >= 0.3 is 0 Å². The lowest BCUT2D eigenvalue weighted by Gasteiger charge is -2.20. The van der Waals surface area contributed by atoms with Crippen molar-refractivity contribution in [2.75, 3.05) is 39.6 Å². The van der Waals surface area contributed by atoms with Crippen LogP contribution in [0.4, 0.5) is 0 Å². The molecule has 0 amide bonds. The molecule has 24 heavy (non-hydrogen) atoms. The number of aliphatic imine (C=N–C) groups is 1. The number of nitrogens with one attached hydrogen (secondary N) is 2. The van der Waals surface area contributed by atoms with Crippen LogP contribution in [-0.4, -0.2) is 50.3 Å². The Labute approximate surface area is 167 Å². The van der Waals surface area contributed by atoms with Crippen molar-refractivity contribution in [3.8, 4) is 11.5 Å². The molecule has 0 unspecified atom stereocenters. The molecule has 0 aliphatic rings. The summed E-state index contributed by atoms with van der Waals surface area (Å²) in [4.78, 5) is 4.62. The summed E-state index contributed by atoms with van der Waals surface area (Å²) in [7, 11) is 1.65. The van der Waals surface area contributed by atoms with Gasteiger partial charge in [-0.25, -0.2) is 0 Å². The van der Waals surface area contributed by atoms with Gasteiger partial charge in [0, 0.05) is 11.3 Å². The maximum Gasteiger partial charge on any atom is 0.191 e. The average molecular weight is 467 g/mol. The van der Waals surface area contributed by atoms with Crippen molar-refractivity contribution in [1.29, 1.82) is 0 Å². The number of guanidine groups is 1. The lowest BCUT2D eigenvalue weighted by molar-refractivity contribution is 0.321. The number of ether oxygens (including phenoxy) is 2. The first-order chi connectivity index (χ1) is 11.0. The van der Waals surface area contributed by atoms with Crippen molar-refractivity contribution in [1.82, 2.24) is 10.6 Å². The van der Waals surface area contributed by atoms with Crippen molar-refractivity contribution in [2.24, 2.45) is 4.99 Å². The Bertz CT molecular complexity index is 481. The summed E-state index contributed by atoms with van der Waals surface area (Å²) in [5, 5.41) is 6.54. The topological polar surface area (TPSA) is 54.9 Å². The van der Waals surface area contributed by atoms with Gasteiger partial charge in [-0.3, -0.25) is 4.99 Å². The third kappa shape index (κ3) is 9.46. The third-order valence-corrected chi connectivity index (χ3v) is 4.47. The van der Waals surface area contributed by atoms with Crippen molar-refractivity contribution >= 4 is 41.7 Å². The molecular formula is C17H30IN3O2S. The fourth-order valence-corrected chi connectivity index (χ4v) is 1.88. The number of rotatable bonds is 9. The Morgan fingerprint density at radius 1 is 1.17 bits per heavy atom. The smallest absolute Gasteiger partial charge is 0.191 e. The van der Waals surface area contributed by atoms with Gasteiger partial charge < -0.3 is 20.1 Å². The summed E-state index contributed by atoms with van der Waals surface area (Å²) in [6.07, 6.45) is 2.11. The Balaban J connectivity index is 0.00000529. The molecule has 138 valence electrons. The van der Waals surface area contributed by atoms with E-state index in [9.17, 15) is 0 Å². The molecule has 0 aliphatic carbocycles. The number of methoxy groups -OCH3 is 1. The monoisotopic (exact) mass is 467 g/mol. The van der Waals surface area contributed by atoms with E-state index in [1.54, 1.807) is 7.11 Å². The van der Waals surface area contributed by atoms with Crippen LogP contribution < -0.4 is 20.1 Å². The predicted molar refractivity (Wildman–Crippen MR) is 115 cm³/mol. The van der Waals surface area contributed by atoms with E-state index in [-0.39, 0.29) is 28.7 Å². The summed E-state index contributed by atoms with van der Waals surface area (Å²) in [6, 6.07) is 7.58. The van der Waals surface area contributed by atoms with E-state index >= 15 is 0 Å². The van der Waals surface area contributed by atoms with Crippen LogP contribution in [0.5, 0.6) is 11.5 Å². The lowest BCUT2D eigenvalue weighted by Crippen LogP contribution is -2.40. The third-order valence-electron chi connectivity index (χ3n) is 3.24. The van der Waals surface area contributed by atoms with Crippen LogP contribution in [0.1, 0.15) is 20.8 Å². The summed E-state index contributed by atoms with van der Waals surface area (Å²) >= 11 is 1.82. The summed E-state index contributed by atoms with van der Waals surface area (Å²) in [5.41, 5.74) is 0. The molecular weight excluding hydrogens is 437 g/mol. The summed E-state index contributed by atoms with van der Waals surface area (Å²) < 4.78 is 11.0. The SMILES string of the molecule is CCNC(=NCC(C)(C)SC)NCCOc1ccc(OC)cc1.I. The number of hydrogen-bond acceptors (Lipinski definition) is 4. The number of thioether (sulfide) groups is 1. The van der Waals surface area contributed by atoms with E-state index in [0.29, 0.717) is 13.2 Å². The van der Waals surface area contributed by atoms with Gasteiger partial charge in [0.2, 0.25) is 0 Å². The normalized spacial score (nSPS) is 11.5. The Hall–Kier alpha value is -0.830. The van der Waals surface area contributed by atoms with Crippen LogP contribution in [0.3, 0.4) is 0 Å². The highest BCUT2D eigenvalue weighted by Gasteiger charge is 2.15. The Morgan fingerprint density at radius 3 is 2.33 bits per heavy atom. The quantitative estimate of drug-likeness (QED) is 0.253. The standard InChI is InChI=1S/C17H29N3O2S.HI/c1-6-18-16(20-13-17(2,3)23-5)19-11-12-22-15-9-7-14(21-4)8-10-15;/h7-10H,6,11-13H2,1-5H3,(H2,18,19,20);1H. The molecule has 0 spiro atoms. The molecule has 0 radical (unpaired) electrons. The molecule has 5 nitrogen and oxygen atoms in total. The van der Waals surface area contributed by atoms with Gasteiger partial charge in [0.05, 0.1) is 20.2 Å².